The summed E-state index contributed by atoms with van der Waals surface area (Å²) < 4.78 is 17.7. The van der Waals surface area contributed by atoms with E-state index in [0.717, 1.165) is 39.0 Å². The molecular weight excluding hydrogens is 265 g/mol. The van der Waals surface area contributed by atoms with Crippen molar-refractivity contribution >= 4 is 40.7 Å². The van der Waals surface area contributed by atoms with E-state index in [-0.39, 0.29) is 0 Å². The number of rotatable bonds is 4. The fourth-order valence-corrected chi connectivity index (χ4v) is 6.01. The predicted molar refractivity (Wildman–Crippen MR) is 75.0 cm³/mol. The van der Waals surface area contributed by atoms with E-state index in [1.807, 2.05) is 0 Å². The van der Waals surface area contributed by atoms with Gasteiger partial charge in [0.05, 0.1) is 10.6 Å². The molecule has 5 heteroatoms. The maximum absolute atomic E-state index is 12.0. The average molecular weight is 277 g/mol. The first-order chi connectivity index (χ1) is 8.57. The topological polar surface area (TPSA) is 43.1 Å². The SMILES string of the molecule is C=Cc1nc(-c2oc3c4c2P34=O)c(CC(C)C)s1. The third-order valence-electron chi connectivity index (χ3n) is 3.35. The van der Waals surface area contributed by atoms with Crippen molar-refractivity contribution in [2.75, 3.05) is 0 Å². The van der Waals surface area contributed by atoms with E-state index >= 15 is 0 Å². The van der Waals surface area contributed by atoms with Gasteiger partial charge in [-0.05, 0) is 18.4 Å². The van der Waals surface area contributed by atoms with Crippen molar-refractivity contribution in [1.29, 1.82) is 0 Å². The summed E-state index contributed by atoms with van der Waals surface area (Å²) in [5.41, 5.74) is 1.64. The van der Waals surface area contributed by atoms with E-state index in [1.54, 1.807) is 17.4 Å². The van der Waals surface area contributed by atoms with Crippen molar-refractivity contribution in [2.45, 2.75) is 20.3 Å². The Labute approximate surface area is 109 Å². The quantitative estimate of drug-likeness (QED) is 0.538. The lowest BCUT2D eigenvalue weighted by atomic mass is 10.1. The molecule has 1 atom stereocenters. The van der Waals surface area contributed by atoms with E-state index in [1.165, 1.54) is 4.88 Å². The zero-order chi connectivity index (χ0) is 12.7. The van der Waals surface area contributed by atoms with Crippen molar-refractivity contribution in [3.05, 3.63) is 16.5 Å². The molecule has 92 valence electrons. The summed E-state index contributed by atoms with van der Waals surface area (Å²) in [5, 5.41) is 2.87. The van der Waals surface area contributed by atoms with Crippen LogP contribution in [0.15, 0.2) is 11.0 Å². The molecule has 2 bridgehead atoms. The number of hydrogen-bond acceptors (Lipinski definition) is 4. The summed E-state index contributed by atoms with van der Waals surface area (Å²) in [6.07, 6.45) is 2.73. The zero-order valence-corrected chi connectivity index (χ0v) is 11.9. The summed E-state index contributed by atoms with van der Waals surface area (Å²) in [6, 6.07) is 0. The molecule has 2 aromatic rings. The third-order valence-corrected chi connectivity index (χ3v) is 6.98. The molecule has 5 rings (SSSR count). The lowest BCUT2D eigenvalue weighted by Crippen LogP contribution is -1.98. The molecule has 0 saturated heterocycles. The Morgan fingerprint density at radius 1 is 1.50 bits per heavy atom. The van der Waals surface area contributed by atoms with Crippen molar-refractivity contribution < 1.29 is 8.98 Å². The molecule has 0 N–H and O–H groups in total. The van der Waals surface area contributed by atoms with E-state index in [9.17, 15) is 4.57 Å². The largest absolute Gasteiger partial charge is 0.449 e. The molecule has 0 aromatic carbocycles. The molecule has 1 unspecified atom stereocenters. The number of furan rings is 1. The molecule has 3 aliphatic rings. The van der Waals surface area contributed by atoms with Gasteiger partial charge in [0.15, 0.2) is 11.3 Å². The highest BCUT2D eigenvalue weighted by Crippen LogP contribution is 2.70. The fraction of sp³-hybridized carbons (Fsp3) is 0.308. The second-order valence-corrected chi connectivity index (χ2v) is 8.80. The number of nitrogens with zero attached hydrogens (tertiary/aromatic N) is 1. The van der Waals surface area contributed by atoms with Gasteiger partial charge in [-0.1, -0.05) is 20.4 Å². The zero-order valence-electron chi connectivity index (χ0n) is 10.2. The van der Waals surface area contributed by atoms with Crippen molar-refractivity contribution in [2.24, 2.45) is 5.92 Å². The molecule has 3 aliphatic heterocycles. The Morgan fingerprint density at radius 2 is 2.22 bits per heavy atom. The summed E-state index contributed by atoms with van der Waals surface area (Å²) in [7, 11) is -2.14. The standard InChI is InChI=1S/C13H12NO2PS/c1-4-8-14-9(7(18-8)5-6(2)3)10-11-12-13(16-10)17(11,12)15/h4,6H,1,5H2,2-3H3. The van der Waals surface area contributed by atoms with Crippen LogP contribution in [0.25, 0.3) is 17.5 Å². The Bertz CT molecular complexity index is 744. The van der Waals surface area contributed by atoms with Crippen LogP contribution in [-0.4, -0.2) is 4.98 Å². The van der Waals surface area contributed by atoms with Crippen LogP contribution in [0.5, 0.6) is 0 Å². The molecule has 5 heterocycles. The molecule has 0 aliphatic carbocycles. The molecule has 2 aromatic heterocycles. The van der Waals surface area contributed by atoms with Gasteiger partial charge in [-0.25, -0.2) is 4.98 Å². The lowest BCUT2D eigenvalue weighted by Gasteiger charge is -2.02. The smallest absolute Gasteiger partial charge is 0.214 e. The van der Waals surface area contributed by atoms with Crippen LogP contribution in [0.1, 0.15) is 23.7 Å². The van der Waals surface area contributed by atoms with E-state index in [2.05, 4.69) is 25.4 Å². The van der Waals surface area contributed by atoms with Gasteiger partial charge in [0.25, 0.3) is 0 Å². The number of fused-ring (bicyclic) bond motifs is 1. The first-order valence-corrected chi connectivity index (χ1v) is 8.50. The maximum Gasteiger partial charge on any atom is 0.214 e. The molecule has 0 fully saturated rings. The minimum Gasteiger partial charge on any atom is -0.449 e. The van der Waals surface area contributed by atoms with Crippen molar-refractivity contribution in [3.63, 3.8) is 0 Å². The molecule has 18 heavy (non-hydrogen) atoms. The van der Waals surface area contributed by atoms with Crippen LogP contribution in [0.2, 0.25) is 0 Å². The Balaban J connectivity index is 1.83. The molecule has 0 radical (unpaired) electrons. The average Bonchev–Trinajstić information content (AvgIpc) is 2.90. The molecule has 3 nitrogen and oxygen atoms in total. The molecule has 0 spiro atoms. The van der Waals surface area contributed by atoms with E-state index < -0.39 is 7.14 Å². The van der Waals surface area contributed by atoms with Crippen LogP contribution < -0.4 is 16.1 Å². The number of aromatic nitrogens is 1. The first kappa shape index (κ1) is 10.8. The van der Waals surface area contributed by atoms with Crippen LogP contribution >= 0.6 is 18.5 Å². The van der Waals surface area contributed by atoms with Crippen LogP contribution in [0, 0.1) is 5.92 Å². The van der Waals surface area contributed by atoms with Crippen molar-refractivity contribution in [3.8, 4) is 11.5 Å². The van der Waals surface area contributed by atoms with Gasteiger partial charge in [0, 0.05) is 4.88 Å². The highest BCUT2D eigenvalue weighted by molar-refractivity contribution is 8.06. The van der Waals surface area contributed by atoms with Crippen LogP contribution in [-0.2, 0) is 11.0 Å². The summed E-state index contributed by atoms with van der Waals surface area (Å²) in [4.78, 5) is 5.77. The van der Waals surface area contributed by atoms with Gasteiger partial charge in [0.2, 0.25) is 7.14 Å². The van der Waals surface area contributed by atoms with Crippen molar-refractivity contribution in [1.82, 2.24) is 4.98 Å². The minimum atomic E-state index is -2.14. The Hall–Kier alpha value is -1.12. The van der Waals surface area contributed by atoms with Gasteiger partial charge in [-0.2, -0.15) is 0 Å². The highest BCUT2D eigenvalue weighted by atomic mass is 32.1. The summed E-state index contributed by atoms with van der Waals surface area (Å²) in [5.74, 6) is 1.33. The van der Waals surface area contributed by atoms with E-state index in [0.29, 0.717) is 5.92 Å². The number of hydrogen-bond donors (Lipinski definition) is 0. The van der Waals surface area contributed by atoms with Crippen LogP contribution in [0.3, 0.4) is 0 Å². The second kappa shape index (κ2) is 3.06. The summed E-state index contributed by atoms with van der Waals surface area (Å²) >= 11 is 1.65. The molecule has 0 amide bonds. The predicted octanol–water partition coefficient (Wildman–Crippen LogP) is 2.51. The van der Waals surface area contributed by atoms with Crippen LogP contribution in [0.4, 0.5) is 0 Å². The Kier molecular flexibility index (Phi) is 1.83. The fourth-order valence-electron chi connectivity index (χ4n) is 2.40. The highest BCUT2D eigenvalue weighted by Gasteiger charge is 2.75. The monoisotopic (exact) mass is 277 g/mol. The lowest BCUT2D eigenvalue weighted by molar-refractivity contribution is 0.590. The first-order valence-electron chi connectivity index (χ1n) is 5.98. The van der Waals surface area contributed by atoms with Gasteiger partial charge in [0.1, 0.15) is 10.7 Å². The maximum atomic E-state index is 12.0. The van der Waals surface area contributed by atoms with E-state index in [4.69, 9.17) is 4.42 Å². The van der Waals surface area contributed by atoms with Gasteiger partial charge in [-0.3, -0.25) is 0 Å². The van der Waals surface area contributed by atoms with Gasteiger partial charge in [-0.15, -0.1) is 11.3 Å². The third kappa shape index (κ3) is 1.11. The molecular formula is C13H12NO2PS. The van der Waals surface area contributed by atoms with Gasteiger partial charge < -0.3 is 8.98 Å². The summed E-state index contributed by atoms with van der Waals surface area (Å²) in [6.45, 7) is 8.13. The second-order valence-electron chi connectivity index (χ2n) is 5.17. The normalized spacial score (nSPS) is 22.2. The number of thiazole rings is 1. The molecule has 0 saturated carbocycles. The Morgan fingerprint density at radius 3 is 2.72 bits per heavy atom. The van der Waals surface area contributed by atoms with Gasteiger partial charge >= 0.3 is 0 Å². The minimum absolute atomic E-state index is 0.563.